The van der Waals surface area contributed by atoms with Crippen molar-refractivity contribution in [2.75, 3.05) is 20.1 Å². The third-order valence-corrected chi connectivity index (χ3v) is 9.93. The maximum Gasteiger partial charge on any atom is 0.308 e. The molecule has 5 atom stereocenters. The summed E-state index contributed by atoms with van der Waals surface area (Å²) in [6, 6.07) is 11.6. The highest BCUT2D eigenvalue weighted by Gasteiger charge is 2.75. The number of rotatable bonds is 7. The first-order valence-electron chi connectivity index (χ1n) is 15.4. The molecule has 0 N–H and O–H groups in total. The van der Waals surface area contributed by atoms with E-state index in [1.54, 1.807) is 6.08 Å². The Morgan fingerprint density at radius 3 is 2.63 bits per heavy atom. The number of ether oxygens (including phenoxy) is 3. The summed E-state index contributed by atoms with van der Waals surface area (Å²) in [6.07, 6.45) is 5.68. The third-order valence-electron chi connectivity index (χ3n) is 9.93. The highest BCUT2D eigenvalue weighted by atomic mass is 16.6. The van der Waals surface area contributed by atoms with Gasteiger partial charge in [0, 0.05) is 32.0 Å². The highest BCUT2D eigenvalue weighted by Crippen LogP contribution is 2.67. The van der Waals surface area contributed by atoms with Crippen molar-refractivity contribution in [3.63, 3.8) is 0 Å². The maximum atomic E-state index is 14.1. The molecule has 6 rings (SSSR count). The average Bonchev–Trinajstić information content (AvgIpc) is 3.29. The summed E-state index contributed by atoms with van der Waals surface area (Å²) in [5, 5.41) is 0. The van der Waals surface area contributed by atoms with Gasteiger partial charge in [-0.15, -0.1) is 0 Å². The first-order chi connectivity index (χ1) is 20.5. The van der Waals surface area contributed by atoms with Crippen LogP contribution in [0.15, 0.2) is 42.5 Å². The minimum absolute atomic E-state index is 0.0364. The van der Waals surface area contributed by atoms with Gasteiger partial charge in [0.25, 0.3) is 0 Å². The number of carbonyl (C=O) groups is 3. The van der Waals surface area contributed by atoms with Gasteiger partial charge in [-0.1, -0.05) is 49.7 Å². The van der Waals surface area contributed by atoms with E-state index in [0.29, 0.717) is 43.7 Å². The summed E-state index contributed by atoms with van der Waals surface area (Å²) in [5.41, 5.74) is 2.69. The molecule has 1 saturated carbocycles. The van der Waals surface area contributed by atoms with E-state index in [0.717, 1.165) is 28.8 Å². The van der Waals surface area contributed by atoms with Gasteiger partial charge >= 0.3 is 11.9 Å². The molecule has 1 saturated heterocycles. The van der Waals surface area contributed by atoms with Crippen LogP contribution in [0.3, 0.4) is 0 Å². The Morgan fingerprint density at radius 2 is 1.93 bits per heavy atom. The molecule has 8 heteroatoms. The average molecular weight is 587 g/mol. The van der Waals surface area contributed by atoms with Crippen LogP contribution in [0.1, 0.15) is 69.2 Å². The number of nitrogens with zero attached hydrogens (tertiary/aromatic N) is 2. The van der Waals surface area contributed by atoms with Crippen LogP contribution in [0.2, 0.25) is 0 Å². The lowest BCUT2D eigenvalue weighted by atomic mass is 9.48. The zero-order valence-electron chi connectivity index (χ0n) is 26.0. The topological polar surface area (TPSA) is 85.4 Å². The van der Waals surface area contributed by atoms with Crippen molar-refractivity contribution in [3.05, 3.63) is 64.7 Å². The number of aryl methyl sites for hydroxylation is 1. The fourth-order valence-electron chi connectivity index (χ4n) is 8.52. The van der Waals surface area contributed by atoms with Crippen LogP contribution in [-0.4, -0.2) is 71.6 Å². The van der Waals surface area contributed by atoms with E-state index in [1.165, 1.54) is 13.8 Å². The smallest absolute Gasteiger partial charge is 0.308 e. The summed E-state index contributed by atoms with van der Waals surface area (Å²) >= 11 is 0. The molecule has 2 aromatic rings. The van der Waals surface area contributed by atoms with E-state index < -0.39 is 23.1 Å². The van der Waals surface area contributed by atoms with Gasteiger partial charge in [-0.3, -0.25) is 19.3 Å². The molecule has 2 fully saturated rings. The second-order valence-corrected chi connectivity index (χ2v) is 13.2. The third kappa shape index (κ3) is 4.65. The Labute approximate surface area is 254 Å². The largest absolute Gasteiger partial charge is 0.483 e. The van der Waals surface area contributed by atoms with E-state index in [2.05, 4.69) is 31.9 Å². The quantitative estimate of drug-likeness (QED) is 0.261. The second kappa shape index (κ2) is 10.8. The van der Waals surface area contributed by atoms with Crippen molar-refractivity contribution in [1.29, 1.82) is 0 Å². The first-order valence-corrected chi connectivity index (χ1v) is 15.4. The van der Waals surface area contributed by atoms with Crippen LogP contribution >= 0.6 is 0 Å². The second-order valence-electron chi connectivity index (χ2n) is 13.2. The Hall–Kier alpha value is -3.65. The molecule has 1 spiro atoms. The van der Waals surface area contributed by atoms with E-state index in [1.807, 2.05) is 48.2 Å². The summed E-state index contributed by atoms with van der Waals surface area (Å²) < 4.78 is 19.1. The van der Waals surface area contributed by atoms with Gasteiger partial charge in [-0.05, 0) is 75.4 Å². The van der Waals surface area contributed by atoms with E-state index in [-0.39, 0.29) is 29.9 Å². The van der Waals surface area contributed by atoms with Gasteiger partial charge in [0.1, 0.15) is 11.7 Å². The van der Waals surface area contributed by atoms with E-state index >= 15 is 0 Å². The number of likely N-dealkylation sites (tertiary alicyclic amines) is 1. The number of piperidine rings is 1. The van der Waals surface area contributed by atoms with Gasteiger partial charge in [-0.2, -0.15) is 0 Å². The van der Waals surface area contributed by atoms with Crippen LogP contribution in [0.25, 0.3) is 6.08 Å². The lowest BCUT2D eigenvalue weighted by Gasteiger charge is -2.65. The van der Waals surface area contributed by atoms with Gasteiger partial charge < -0.3 is 19.1 Å². The Bertz CT molecular complexity index is 1500. The molecule has 8 nitrogen and oxygen atoms in total. The molecule has 2 aliphatic heterocycles. The SMILES string of the molecule is CC(=O)Oc1ccc2c3c1O[C@H]1[C@H](N(CC(C)C)C(=O)C=Cc4cccc(C)c4)CC[C@@]4(OC(C)=O)[C@@H](C2)N(C)CC[C@]314. The van der Waals surface area contributed by atoms with Crippen LogP contribution < -0.4 is 9.47 Å². The van der Waals surface area contributed by atoms with Crippen molar-refractivity contribution < 1.29 is 28.6 Å². The molecular weight excluding hydrogens is 544 g/mol. The molecule has 0 radical (unpaired) electrons. The van der Waals surface area contributed by atoms with E-state index in [4.69, 9.17) is 14.2 Å². The minimum Gasteiger partial charge on any atom is -0.483 e. The standard InChI is InChI=1S/C35H42N2O6/c1-21(2)20-37(30(40)13-10-25-9-7-8-22(3)18-25)27-14-15-35(43-24(5)39)29-19-26-11-12-28(41-23(4)38)32-31(26)34(35,33(27)42-32)16-17-36(29)6/h7-13,18,21,27,29,33H,14-17,19-20H2,1-6H3/t27-,29-,33+,34+,35-/m1/s1. The van der Waals surface area contributed by atoms with Crippen molar-refractivity contribution in [3.8, 4) is 11.5 Å². The molecule has 2 heterocycles. The summed E-state index contributed by atoms with van der Waals surface area (Å²) in [7, 11) is 2.10. The van der Waals surface area contributed by atoms with Crippen molar-refractivity contribution in [1.82, 2.24) is 9.80 Å². The summed E-state index contributed by atoms with van der Waals surface area (Å²) in [6.45, 7) is 10.5. The van der Waals surface area contributed by atoms with Gasteiger partial charge in [0.05, 0.1) is 17.5 Å². The van der Waals surface area contributed by atoms with E-state index in [9.17, 15) is 14.4 Å². The van der Waals surface area contributed by atoms with Crippen molar-refractivity contribution in [2.45, 2.75) is 89.5 Å². The fraction of sp³-hybridized carbons (Fsp3) is 0.514. The van der Waals surface area contributed by atoms with Crippen LogP contribution in [0, 0.1) is 12.8 Å². The number of hydrogen-bond acceptors (Lipinski definition) is 7. The zero-order valence-corrected chi connectivity index (χ0v) is 26.0. The predicted octanol–water partition coefficient (Wildman–Crippen LogP) is 4.84. The summed E-state index contributed by atoms with van der Waals surface area (Å²) in [5.74, 6) is 0.338. The Kier molecular flexibility index (Phi) is 7.40. The first kappa shape index (κ1) is 29.4. The van der Waals surface area contributed by atoms with Gasteiger partial charge in [0.15, 0.2) is 11.5 Å². The van der Waals surface area contributed by atoms with Gasteiger partial charge in [-0.25, -0.2) is 0 Å². The monoisotopic (exact) mass is 586 g/mol. The van der Waals surface area contributed by atoms with Crippen molar-refractivity contribution >= 4 is 23.9 Å². The maximum absolute atomic E-state index is 14.1. The molecular formula is C35H42N2O6. The molecule has 0 unspecified atom stereocenters. The lowest BCUT2D eigenvalue weighted by Crippen LogP contribution is -2.79. The van der Waals surface area contributed by atoms with Crippen LogP contribution in [-0.2, 0) is 31.0 Å². The molecule has 0 aromatic heterocycles. The molecule has 2 bridgehead atoms. The molecule has 43 heavy (non-hydrogen) atoms. The minimum atomic E-state index is -0.829. The molecule has 228 valence electrons. The molecule has 1 amide bonds. The summed E-state index contributed by atoms with van der Waals surface area (Å²) in [4.78, 5) is 43.3. The Balaban J connectivity index is 1.49. The molecule has 4 aliphatic rings. The number of amides is 1. The van der Waals surface area contributed by atoms with Gasteiger partial charge in [0.2, 0.25) is 5.91 Å². The van der Waals surface area contributed by atoms with Crippen molar-refractivity contribution in [2.24, 2.45) is 5.92 Å². The predicted molar refractivity (Wildman–Crippen MR) is 163 cm³/mol. The van der Waals surface area contributed by atoms with Crippen LogP contribution in [0.4, 0.5) is 0 Å². The Morgan fingerprint density at radius 1 is 1.14 bits per heavy atom. The number of likely N-dealkylation sites (N-methyl/N-ethyl adjacent to an activating group) is 1. The number of carbonyl (C=O) groups excluding carboxylic acids is 3. The number of esters is 2. The fourth-order valence-corrected chi connectivity index (χ4v) is 8.52. The number of benzene rings is 2. The number of hydrogen-bond donors (Lipinski definition) is 0. The normalized spacial score (nSPS) is 28.8. The molecule has 2 aromatic carbocycles. The van der Waals surface area contributed by atoms with Crippen LogP contribution in [0.5, 0.6) is 11.5 Å². The molecule has 2 aliphatic carbocycles. The lowest BCUT2D eigenvalue weighted by molar-refractivity contribution is -0.221. The highest BCUT2D eigenvalue weighted by molar-refractivity contribution is 5.92. The zero-order chi connectivity index (χ0) is 30.7.